The lowest BCUT2D eigenvalue weighted by Gasteiger charge is -2.64. The molecule has 3 fully saturated rings. The molecule has 1 aromatic carbocycles. The fourth-order valence-corrected chi connectivity index (χ4v) is 8.69. The minimum Gasteiger partial charge on any atom is -0.497 e. The molecule has 5 aliphatic rings. The zero-order valence-corrected chi connectivity index (χ0v) is 22.3. The first kappa shape index (κ1) is 24.7. The van der Waals surface area contributed by atoms with Crippen LogP contribution in [0.5, 0.6) is 5.75 Å². The molecule has 2 aliphatic carbocycles. The first-order chi connectivity index (χ1) is 17.7. The quantitative estimate of drug-likeness (QED) is 0.450. The van der Waals surface area contributed by atoms with E-state index in [0.29, 0.717) is 6.42 Å². The molecule has 1 amide bonds. The van der Waals surface area contributed by atoms with E-state index in [9.17, 15) is 14.7 Å². The first-order valence-electron chi connectivity index (χ1n) is 13.7. The van der Waals surface area contributed by atoms with E-state index < -0.39 is 34.5 Å². The zero-order chi connectivity index (χ0) is 26.2. The molecule has 0 radical (unpaired) electrons. The number of nitrogens with zero attached hydrogens (tertiary/aromatic N) is 2. The van der Waals surface area contributed by atoms with Gasteiger partial charge in [-0.3, -0.25) is 14.5 Å². The smallest absolute Gasteiger partial charge is 0.303 e. The molecule has 3 aliphatic heterocycles. The summed E-state index contributed by atoms with van der Waals surface area (Å²) in [6.45, 7) is 5.29. The number of nitrogens with one attached hydrogen (secondary N) is 1. The van der Waals surface area contributed by atoms with Crippen LogP contribution < -0.4 is 15.0 Å². The van der Waals surface area contributed by atoms with Crippen molar-refractivity contribution < 1.29 is 24.2 Å². The maximum absolute atomic E-state index is 13.0. The van der Waals surface area contributed by atoms with Crippen LogP contribution in [0.25, 0.3) is 0 Å². The summed E-state index contributed by atoms with van der Waals surface area (Å²) >= 11 is 0. The Morgan fingerprint density at radius 2 is 2.03 bits per heavy atom. The largest absolute Gasteiger partial charge is 0.497 e. The van der Waals surface area contributed by atoms with Crippen LogP contribution in [-0.2, 0) is 19.7 Å². The van der Waals surface area contributed by atoms with E-state index in [4.69, 9.17) is 9.47 Å². The summed E-state index contributed by atoms with van der Waals surface area (Å²) in [5, 5.41) is 16.1. The van der Waals surface area contributed by atoms with Crippen LogP contribution in [0.15, 0.2) is 30.4 Å². The Morgan fingerprint density at radius 3 is 2.68 bits per heavy atom. The lowest BCUT2D eigenvalue weighted by molar-refractivity contribution is -0.217. The molecule has 1 spiro atoms. The molecule has 200 valence electrons. The predicted octanol–water partition coefficient (Wildman–Crippen LogP) is 2.38. The van der Waals surface area contributed by atoms with Crippen LogP contribution in [0.1, 0.15) is 51.5 Å². The van der Waals surface area contributed by atoms with E-state index in [1.54, 1.807) is 7.11 Å². The minimum atomic E-state index is -1.52. The Hall–Kier alpha value is -2.58. The number of anilines is 1. The summed E-state index contributed by atoms with van der Waals surface area (Å²) in [5.41, 5.74) is -0.292. The third kappa shape index (κ3) is 3.15. The molecule has 2 saturated carbocycles. The first-order valence-corrected chi connectivity index (χ1v) is 13.7. The van der Waals surface area contributed by atoms with Crippen molar-refractivity contribution in [3.8, 4) is 5.75 Å². The van der Waals surface area contributed by atoms with Gasteiger partial charge in [0.1, 0.15) is 17.5 Å². The van der Waals surface area contributed by atoms with Gasteiger partial charge in [-0.15, -0.1) is 0 Å². The van der Waals surface area contributed by atoms with Crippen molar-refractivity contribution in [2.75, 3.05) is 38.7 Å². The van der Waals surface area contributed by atoms with Gasteiger partial charge in [-0.25, -0.2) is 0 Å². The number of benzene rings is 1. The fraction of sp³-hybridized carbons (Fsp3) is 0.655. The molecule has 0 bridgehead atoms. The average molecular weight is 510 g/mol. The molecule has 1 saturated heterocycles. The standard InChI is InChI=1S/C29H39N3O5/c1-5-27-12-7-14-32-15-13-28(24(27)32)21-11-10-20(36-4)16-22(21)31(3)25(28)29(35,26(27)37-18(2)33)17-30-23(34)19-8-6-9-19/h7,10-12,16,19,24-26,35H,5-6,8-9,13-15,17H2,1-4H3,(H,30,34)/t24?,25-,26-,27-,28-,29+/m1/s1. The Kier molecular flexibility index (Phi) is 5.66. The number of likely N-dealkylation sites (N-methyl/N-ethyl adjacent to an activating group) is 1. The number of carbonyl (C=O) groups is 2. The second-order valence-electron chi connectivity index (χ2n) is 11.8. The van der Waals surface area contributed by atoms with Crippen LogP contribution in [0.4, 0.5) is 5.69 Å². The molecule has 8 nitrogen and oxygen atoms in total. The Morgan fingerprint density at radius 1 is 1.24 bits per heavy atom. The second kappa shape index (κ2) is 8.46. The van der Waals surface area contributed by atoms with Crippen molar-refractivity contribution in [3.05, 3.63) is 35.9 Å². The number of rotatable bonds is 6. The lowest BCUT2D eigenvalue weighted by Crippen LogP contribution is -2.81. The molecule has 8 heteroatoms. The molecule has 1 aromatic rings. The van der Waals surface area contributed by atoms with Gasteiger partial charge in [0.25, 0.3) is 0 Å². The van der Waals surface area contributed by atoms with Crippen molar-refractivity contribution in [1.29, 1.82) is 0 Å². The highest BCUT2D eigenvalue weighted by atomic mass is 16.6. The monoisotopic (exact) mass is 509 g/mol. The van der Waals surface area contributed by atoms with Crippen LogP contribution in [0.3, 0.4) is 0 Å². The van der Waals surface area contributed by atoms with Crippen molar-refractivity contribution in [1.82, 2.24) is 10.2 Å². The molecule has 6 atom stereocenters. The molecule has 2 N–H and O–H groups in total. The minimum absolute atomic E-state index is 0.000486. The third-order valence-electron chi connectivity index (χ3n) is 10.2. The molecular weight excluding hydrogens is 470 g/mol. The SMILES string of the molecule is CC[C@]12C=CCN3CC[C@@]4(c5ccc(OC)cc5N(C)[C@H]4[C@@](O)(CNC(=O)C4CCC4)[C@@H]1OC(C)=O)C32. The van der Waals surface area contributed by atoms with Crippen LogP contribution in [0.2, 0.25) is 0 Å². The Bertz CT molecular complexity index is 1150. The van der Waals surface area contributed by atoms with Gasteiger partial charge in [0.05, 0.1) is 19.7 Å². The average Bonchev–Trinajstić information content (AvgIpc) is 3.36. The van der Waals surface area contributed by atoms with Gasteiger partial charge in [-0.2, -0.15) is 0 Å². The Balaban J connectivity index is 1.56. The van der Waals surface area contributed by atoms with Gasteiger partial charge in [0.15, 0.2) is 0 Å². The maximum Gasteiger partial charge on any atom is 0.303 e. The fourth-order valence-electron chi connectivity index (χ4n) is 8.69. The van der Waals surface area contributed by atoms with Gasteiger partial charge < -0.3 is 24.8 Å². The summed E-state index contributed by atoms with van der Waals surface area (Å²) in [4.78, 5) is 30.3. The Labute approximate surface area is 219 Å². The highest BCUT2D eigenvalue weighted by Crippen LogP contribution is 2.67. The van der Waals surface area contributed by atoms with Crippen LogP contribution in [0, 0.1) is 11.3 Å². The second-order valence-corrected chi connectivity index (χ2v) is 11.8. The maximum atomic E-state index is 13.0. The number of methoxy groups -OCH3 is 1. The van der Waals surface area contributed by atoms with Gasteiger partial charge in [-0.05, 0) is 43.9 Å². The number of ether oxygens (including phenoxy) is 2. The van der Waals surface area contributed by atoms with E-state index in [1.807, 2.05) is 19.2 Å². The van der Waals surface area contributed by atoms with E-state index in [0.717, 1.165) is 50.2 Å². The highest BCUT2D eigenvalue weighted by molar-refractivity contribution is 5.79. The van der Waals surface area contributed by atoms with E-state index in [2.05, 4.69) is 40.3 Å². The summed E-state index contributed by atoms with van der Waals surface area (Å²) in [6.07, 6.45) is 7.95. The molecule has 0 aromatic heterocycles. The number of aliphatic hydroxyl groups is 1. The van der Waals surface area contributed by atoms with Gasteiger partial charge in [0.2, 0.25) is 5.91 Å². The molecular formula is C29H39N3O5. The van der Waals surface area contributed by atoms with E-state index in [-0.39, 0.29) is 24.4 Å². The summed E-state index contributed by atoms with van der Waals surface area (Å²) in [7, 11) is 3.68. The number of esters is 1. The van der Waals surface area contributed by atoms with Crippen molar-refractivity contribution in [2.45, 2.75) is 75.2 Å². The molecule has 3 heterocycles. The topological polar surface area (TPSA) is 91.3 Å². The van der Waals surface area contributed by atoms with Gasteiger partial charge >= 0.3 is 5.97 Å². The predicted molar refractivity (Wildman–Crippen MR) is 140 cm³/mol. The van der Waals surface area contributed by atoms with E-state index >= 15 is 0 Å². The summed E-state index contributed by atoms with van der Waals surface area (Å²) in [6, 6.07) is 5.87. The van der Waals surface area contributed by atoms with Crippen LogP contribution >= 0.6 is 0 Å². The summed E-state index contributed by atoms with van der Waals surface area (Å²) < 4.78 is 11.7. The molecule has 6 rings (SSSR count). The number of hydrogen-bond acceptors (Lipinski definition) is 7. The molecule has 1 unspecified atom stereocenters. The third-order valence-corrected chi connectivity index (χ3v) is 10.2. The molecule has 37 heavy (non-hydrogen) atoms. The van der Waals surface area contributed by atoms with Crippen molar-refractivity contribution >= 4 is 17.6 Å². The summed E-state index contributed by atoms with van der Waals surface area (Å²) in [5.74, 6) is 0.326. The van der Waals surface area contributed by atoms with Crippen LogP contribution in [-0.4, -0.2) is 79.5 Å². The van der Waals surface area contributed by atoms with Crippen molar-refractivity contribution in [3.63, 3.8) is 0 Å². The van der Waals surface area contributed by atoms with Gasteiger partial charge in [-0.1, -0.05) is 31.6 Å². The highest BCUT2D eigenvalue weighted by Gasteiger charge is 2.77. The zero-order valence-electron chi connectivity index (χ0n) is 22.3. The van der Waals surface area contributed by atoms with Gasteiger partial charge in [0, 0.05) is 55.1 Å². The van der Waals surface area contributed by atoms with E-state index in [1.165, 1.54) is 12.5 Å². The number of carbonyl (C=O) groups excluding carboxylic acids is 2. The number of fused-ring (bicyclic) bond motifs is 1. The van der Waals surface area contributed by atoms with Crippen molar-refractivity contribution in [2.24, 2.45) is 11.3 Å². The lowest BCUT2D eigenvalue weighted by atomic mass is 9.47. The normalized spacial score (nSPS) is 37.9. The number of amides is 1. The number of hydrogen-bond donors (Lipinski definition) is 2.